The van der Waals surface area contributed by atoms with Crippen LogP contribution in [0, 0.1) is 5.92 Å². The first kappa shape index (κ1) is 20.3. The fraction of sp³-hybridized carbons (Fsp3) is 0.455. The molecule has 2 aliphatic rings. The SMILES string of the molecule is COC1=CN(c2cc3cn(C4CCC(CO)CC4)nc3cc2OC)CC(C(N)=O)=C1. The molecule has 160 valence electrons. The van der Waals surface area contributed by atoms with Crippen LogP contribution in [0.4, 0.5) is 5.69 Å². The lowest BCUT2D eigenvalue weighted by molar-refractivity contribution is -0.114. The standard InChI is InChI=1S/C22H28N4O4/c1-29-18-7-16(22(23)28)10-25(12-18)20-8-15-11-26(24-19(15)9-21(20)30-2)17-5-3-14(13-27)4-6-17/h7-9,11-12,14,17,27H,3-6,10,13H2,1-2H3,(H2,23,28). The van der Waals surface area contributed by atoms with Gasteiger partial charge in [0.1, 0.15) is 11.5 Å². The second-order valence-corrected chi connectivity index (χ2v) is 7.95. The number of nitrogens with zero attached hydrogens (tertiary/aromatic N) is 3. The monoisotopic (exact) mass is 412 g/mol. The summed E-state index contributed by atoms with van der Waals surface area (Å²) < 4.78 is 13.0. The number of aliphatic hydroxyl groups excluding tert-OH is 1. The Morgan fingerprint density at radius 1 is 1.23 bits per heavy atom. The first-order valence-corrected chi connectivity index (χ1v) is 10.2. The maximum atomic E-state index is 11.8. The van der Waals surface area contributed by atoms with Gasteiger partial charge in [-0.3, -0.25) is 9.48 Å². The molecule has 1 aliphatic heterocycles. The highest BCUT2D eigenvalue weighted by Crippen LogP contribution is 2.37. The molecule has 0 spiro atoms. The second kappa shape index (κ2) is 8.39. The molecule has 1 aliphatic carbocycles. The Bertz CT molecular complexity index is 1000. The molecule has 8 nitrogen and oxygen atoms in total. The van der Waals surface area contributed by atoms with Crippen LogP contribution in [0.3, 0.4) is 0 Å². The summed E-state index contributed by atoms with van der Waals surface area (Å²) in [5.74, 6) is 1.14. The van der Waals surface area contributed by atoms with E-state index in [4.69, 9.17) is 20.3 Å². The van der Waals surface area contributed by atoms with Gasteiger partial charge in [-0.2, -0.15) is 5.10 Å². The molecule has 1 aromatic heterocycles. The molecule has 0 radical (unpaired) electrons. The Morgan fingerprint density at radius 3 is 2.63 bits per heavy atom. The van der Waals surface area contributed by atoms with Crippen LogP contribution >= 0.6 is 0 Å². The Labute approximate surface area is 175 Å². The fourth-order valence-corrected chi connectivity index (χ4v) is 4.28. The number of allylic oxidation sites excluding steroid dienone is 1. The predicted octanol–water partition coefficient (Wildman–Crippen LogP) is 2.49. The van der Waals surface area contributed by atoms with Gasteiger partial charge in [-0.05, 0) is 43.7 Å². The zero-order valence-corrected chi connectivity index (χ0v) is 17.4. The lowest BCUT2D eigenvalue weighted by Gasteiger charge is -2.27. The minimum Gasteiger partial charge on any atom is -0.495 e. The maximum Gasteiger partial charge on any atom is 0.246 e. The molecule has 1 amide bonds. The average Bonchev–Trinajstić information content (AvgIpc) is 3.20. The van der Waals surface area contributed by atoms with Crippen LogP contribution in [0.1, 0.15) is 31.7 Å². The van der Waals surface area contributed by atoms with Crippen molar-refractivity contribution in [3.05, 3.63) is 41.9 Å². The van der Waals surface area contributed by atoms with Crippen LogP contribution in [0.15, 0.2) is 41.9 Å². The van der Waals surface area contributed by atoms with E-state index < -0.39 is 5.91 Å². The van der Waals surface area contributed by atoms with Crippen molar-refractivity contribution in [1.82, 2.24) is 9.78 Å². The minimum atomic E-state index is -0.478. The van der Waals surface area contributed by atoms with E-state index in [1.54, 1.807) is 20.3 Å². The Morgan fingerprint density at radius 2 is 2.00 bits per heavy atom. The molecule has 0 bridgehead atoms. The molecule has 1 saturated carbocycles. The summed E-state index contributed by atoms with van der Waals surface area (Å²) >= 11 is 0. The number of amides is 1. The number of hydrogen-bond acceptors (Lipinski definition) is 6. The van der Waals surface area contributed by atoms with E-state index in [2.05, 4.69) is 6.20 Å². The van der Waals surface area contributed by atoms with Gasteiger partial charge >= 0.3 is 0 Å². The number of fused-ring (bicyclic) bond motifs is 1. The van der Waals surface area contributed by atoms with E-state index >= 15 is 0 Å². The van der Waals surface area contributed by atoms with Gasteiger partial charge < -0.3 is 25.2 Å². The summed E-state index contributed by atoms with van der Waals surface area (Å²) in [5, 5.41) is 15.2. The fourth-order valence-electron chi connectivity index (χ4n) is 4.28. The summed E-state index contributed by atoms with van der Waals surface area (Å²) in [7, 11) is 3.17. The normalized spacial score (nSPS) is 21.9. The molecule has 30 heavy (non-hydrogen) atoms. The molecular formula is C22H28N4O4. The van der Waals surface area contributed by atoms with E-state index in [1.165, 1.54) is 0 Å². The molecule has 0 atom stereocenters. The van der Waals surface area contributed by atoms with Crippen LogP contribution in [-0.2, 0) is 9.53 Å². The van der Waals surface area contributed by atoms with Crippen molar-refractivity contribution in [2.45, 2.75) is 31.7 Å². The van der Waals surface area contributed by atoms with Crippen molar-refractivity contribution in [2.75, 3.05) is 32.3 Å². The smallest absolute Gasteiger partial charge is 0.246 e. The average molecular weight is 412 g/mol. The summed E-state index contributed by atoms with van der Waals surface area (Å²) in [5.41, 5.74) is 7.65. The number of aromatic nitrogens is 2. The quantitative estimate of drug-likeness (QED) is 0.756. The first-order chi connectivity index (χ1) is 14.5. The van der Waals surface area contributed by atoms with Crippen LogP contribution in [-0.4, -0.2) is 48.2 Å². The number of ether oxygens (including phenoxy) is 2. The van der Waals surface area contributed by atoms with E-state index in [0.29, 0.717) is 35.6 Å². The Kier molecular flexibility index (Phi) is 5.67. The minimum absolute atomic E-state index is 0.267. The number of anilines is 1. The zero-order valence-electron chi connectivity index (χ0n) is 17.4. The molecular weight excluding hydrogens is 384 g/mol. The molecule has 0 saturated heterocycles. The summed E-state index contributed by atoms with van der Waals surface area (Å²) in [4.78, 5) is 13.7. The number of hydrogen-bond donors (Lipinski definition) is 2. The molecule has 2 heterocycles. The van der Waals surface area contributed by atoms with Crippen molar-refractivity contribution < 1.29 is 19.4 Å². The summed E-state index contributed by atoms with van der Waals surface area (Å²) in [6, 6.07) is 4.28. The zero-order chi connectivity index (χ0) is 21.3. The van der Waals surface area contributed by atoms with E-state index in [9.17, 15) is 9.90 Å². The van der Waals surface area contributed by atoms with Gasteiger partial charge in [0.15, 0.2) is 0 Å². The van der Waals surface area contributed by atoms with E-state index in [-0.39, 0.29) is 6.61 Å². The third-order valence-corrected chi connectivity index (χ3v) is 6.07. The van der Waals surface area contributed by atoms with Gasteiger partial charge in [0.05, 0.1) is 38.0 Å². The number of carbonyl (C=O) groups excluding carboxylic acids is 1. The van der Waals surface area contributed by atoms with Gasteiger partial charge in [0.25, 0.3) is 0 Å². The van der Waals surface area contributed by atoms with Crippen molar-refractivity contribution in [3.63, 3.8) is 0 Å². The lowest BCUT2D eigenvalue weighted by atomic mass is 9.87. The van der Waals surface area contributed by atoms with Crippen LogP contribution in [0.25, 0.3) is 10.9 Å². The number of methoxy groups -OCH3 is 2. The van der Waals surface area contributed by atoms with Gasteiger partial charge in [0.2, 0.25) is 5.91 Å². The van der Waals surface area contributed by atoms with Crippen molar-refractivity contribution in [2.24, 2.45) is 11.7 Å². The second-order valence-electron chi connectivity index (χ2n) is 7.95. The Balaban J connectivity index is 1.67. The van der Waals surface area contributed by atoms with Crippen molar-refractivity contribution in [1.29, 1.82) is 0 Å². The number of rotatable bonds is 6. The molecule has 1 aromatic carbocycles. The third kappa shape index (κ3) is 3.87. The summed E-state index contributed by atoms with van der Waals surface area (Å²) in [6.45, 7) is 0.603. The first-order valence-electron chi connectivity index (χ1n) is 10.2. The molecule has 0 unspecified atom stereocenters. The highest BCUT2D eigenvalue weighted by atomic mass is 16.5. The Hall–Kier alpha value is -3.00. The summed E-state index contributed by atoms with van der Waals surface area (Å²) in [6.07, 6.45) is 9.63. The number of aliphatic hydroxyl groups is 1. The van der Waals surface area contributed by atoms with Crippen LogP contribution < -0.4 is 15.4 Å². The van der Waals surface area contributed by atoms with Crippen molar-refractivity contribution >= 4 is 22.5 Å². The number of carbonyl (C=O) groups is 1. The van der Waals surface area contributed by atoms with Gasteiger partial charge in [-0.1, -0.05) is 0 Å². The molecule has 3 N–H and O–H groups in total. The lowest BCUT2D eigenvalue weighted by Crippen LogP contribution is -2.30. The largest absolute Gasteiger partial charge is 0.495 e. The predicted molar refractivity (Wildman–Crippen MR) is 114 cm³/mol. The number of benzene rings is 1. The van der Waals surface area contributed by atoms with Crippen molar-refractivity contribution in [3.8, 4) is 5.75 Å². The highest BCUT2D eigenvalue weighted by Gasteiger charge is 2.24. The molecule has 2 aromatic rings. The molecule has 1 fully saturated rings. The van der Waals surface area contributed by atoms with E-state index in [1.807, 2.05) is 27.9 Å². The molecule has 4 rings (SSSR count). The van der Waals surface area contributed by atoms with E-state index in [0.717, 1.165) is 42.3 Å². The van der Waals surface area contributed by atoms with Gasteiger partial charge in [-0.15, -0.1) is 0 Å². The van der Waals surface area contributed by atoms with Crippen LogP contribution in [0.5, 0.6) is 5.75 Å². The topological polar surface area (TPSA) is 103 Å². The van der Waals surface area contributed by atoms with Gasteiger partial charge in [-0.25, -0.2) is 0 Å². The maximum absolute atomic E-state index is 11.8. The number of primary amides is 1. The highest BCUT2D eigenvalue weighted by molar-refractivity contribution is 5.94. The third-order valence-electron chi connectivity index (χ3n) is 6.07. The van der Waals surface area contributed by atoms with Gasteiger partial charge in [0, 0.05) is 36.0 Å². The molecule has 8 heteroatoms. The number of nitrogens with two attached hydrogens (primary N) is 1. The van der Waals surface area contributed by atoms with Crippen LogP contribution in [0.2, 0.25) is 0 Å².